The van der Waals surface area contributed by atoms with Crippen LogP contribution in [0.1, 0.15) is 5.69 Å². The monoisotopic (exact) mass is 348 g/mol. The topological polar surface area (TPSA) is 98.7 Å². The van der Waals surface area contributed by atoms with Crippen LogP contribution < -0.4 is 5.32 Å². The molecule has 0 saturated carbocycles. The lowest BCUT2D eigenvalue weighted by molar-refractivity contribution is -0.118. The molecule has 0 aliphatic carbocycles. The average Bonchev–Trinajstić information content (AvgIpc) is 3.20. The number of nitrogens with zero attached hydrogens (tertiary/aromatic N) is 5. The standard InChI is InChI=1S/C14H13FN6O2S/c1-21-14(17-19-20-21)24-8-13(22)16-7-9-6-12(23-18-9)10-4-2-3-5-11(10)15/h2-6H,7-8H2,1H3,(H,16,22). The molecule has 10 heteroatoms. The van der Waals surface area contributed by atoms with Crippen LogP contribution in [0.25, 0.3) is 11.3 Å². The van der Waals surface area contributed by atoms with Gasteiger partial charge in [-0.25, -0.2) is 9.07 Å². The Hall–Kier alpha value is -2.75. The number of amides is 1. The number of aromatic nitrogens is 5. The molecule has 0 saturated heterocycles. The van der Waals surface area contributed by atoms with Gasteiger partial charge in [0.25, 0.3) is 0 Å². The Kier molecular flexibility index (Phi) is 4.85. The van der Waals surface area contributed by atoms with Crippen LogP contribution >= 0.6 is 11.8 Å². The lowest BCUT2D eigenvalue weighted by Crippen LogP contribution is -2.24. The number of carbonyl (C=O) groups excluding carboxylic acids is 1. The zero-order valence-electron chi connectivity index (χ0n) is 12.6. The zero-order chi connectivity index (χ0) is 16.9. The summed E-state index contributed by atoms with van der Waals surface area (Å²) < 4.78 is 20.3. The van der Waals surface area contributed by atoms with Gasteiger partial charge in [-0.2, -0.15) is 0 Å². The van der Waals surface area contributed by atoms with E-state index in [0.29, 0.717) is 22.2 Å². The van der Waals surface area contributed by atoms with Gasteiger partial charge in [-0.15, -0.1) is 5.10 Å². The van der Waals surface area contributed by atoms with E-state index in [1.54, 1.807) is 31.3 Å². The highest BCUT2D eigenvalue weighted by Crippen LogP contribution is 2.23. The van der Waals surface area contributed by atoms with E-state index in [1.165, 1.54) is 22.5 Å². The summed E-state index contributed by atoms with van der Waals surface area (Å²) in [7, 11) is 1.69. The van der Waals surface area contributed by atoms with Crippen LogP contribution in [0.2, 0.25) is 0 Å². The van der Waals surface area contributed by atoms with E-state index >= 15 is 0 Å². The van der Waals surface area contributed by atoms with E-state index in [4.69, 9.17) is 4.52 Å². The summed E-state index contributed by atoms with van der Waals surface area (Å²) in [5.74, 6) is -0.0973. The van der Waals surface area contributed by atoms with Crippen LogP contribution in [0.5, 0.6) is 0 Å². The van der Waals surface area contributed by atoms with E-state index in [0.717, 1.165) is 0 Å². The van der Waals surface area contributed by atoms with Gasteiger partial charge in [-0.1, -0.05) is 29.1 Å². The van der Waals surface area contributed by atoms with E-state index in [9.17, 15) is 9.18 Å². The van der Waals surface area contributed by atoms with Crippen molar-refractivity contribution in [3.05, 3.63) is 41.8 Å². The van der Waals surface area contributed by atoms with Gasteiger partial charge in [0.2, 0.25) is 11.1 Å². The Bertz CT molecular complexity index is 849. The fraction of sp³-hybridized carbons (Fsp3) is 0.214. The average molecular weight is 348 g/mol. The number of aryl methyl sites for hydroxylation is 1. The van der Waals surface area contributed by atoms with Gasteiger partial charge in [0.05, 0.1) is 17.9 Å². The molecule has 124 valence electrons. The molecule has 0 aliphatic heterocycles. The summed E-state index contributed by atoms with van der Waals surface area (Å²) in [5, 5.41) is 18.0. The fourth-order valence-corrected chi connectivity index (χ4v) is 2.58. The van der Waals surface area contributed by atoms with Gasteiger partial charge in [0.15, 0.2) is 5.76 Å². The van der Waals surface area contributed by atoms with Crippen molar-refractivity contribution in [2.75, 3.05) is 5.75 Å². The molecule has 0 bridgehead atoms. The first-order valence-electron chi connectivity index (χ1n) is 6.96. The number of rotatable bonds is 6. The third-order valence-corrected chi connectivity index (χ3v) is 4.09. The molecule has 2 heterocycles. The molecule has 1 N–H and O–H groups in total. The van der Waals surface area contributed by atoms with Crippen molar-refractivity contribution in [3.63, 3.8) is 0 Å². The van der Waals surface area contributed by atoms with Crippen molar-refractivity contribution in [2.45, 2.75) is 11.7 Å². The second-order valence-electron chi connectivity index (χ2n) is 4.81. The van der Waals surface area contributed by atoms with Crippen LogP contribution in [-0.2, 0) is 18.4 Å². The Labute approximate surface area is 140 Å². The van der Waals surface area contributed by atoms with Crippen LogP contribution in [0.3, 0.4) is 0 Å². The maximum absolute atomic E-state index is 13.7. The molecular weight excluding hydrogens is 335 g/mol. The van der Waals surface area contributed by atoms with Gasteiger partial charge < -0.3 is 9.84 Å². The number of tetrazole rings is 1. The van der Waals surface area contributed by atoms with Crippen LogP contribution in [0, 0.1) is 5.82 Å². The molecule has 1 aromatic carbocycles. The smallest absolute Gasteiger partial charge is 0.230 e. The van der Waals surface area contributed by atoms with E-state index in [1.807, 2.05) is 0 Å². The molecule has 3 rings (SSSR count). The van der Waals surface area contributed by atoms with Gasteiger partial charge in [0.1, 0.15) is 11.5 Å². The largest absolute Gasteiger partial charge is 0.356 e. The van der Waals surface area contributed by atoms with E-state index < -0.39 is 5.82 Å². The third kappa shape index (κ3) is 3.77. The van der Waals surface area contributed by atoms with Gasteiger partial charge in [-0.3, -0.25) is 4.79 Å². The molecule has 0 spiro atoms. The SMILES string of the molecule is Cn1nnnc1SCC(=O)NCc1cc(-c2ccccc2F)on1. The first-order valence-corrected chi connectivity index (χ1v) is 7.94. The Morgan fingerprint density at radius 3 is 3.00 bits per heavy atom. The molecule has 0 unspecified atom stereocenters. The summed E-state index contributed by atoms with van der Waals surface area (Å²) in [5.41, 5.74) is 0.833. The number of thioether (sulfide) groups is 1. The first kappa shape index (κ1) is 16.1. The molecule has 8 nitrogen and oxygen atoms in total. The Morgan fingerprint density at radius 2 is 2.25 bits per heavy atom. The molecule has 2 aromatic heterocycles. The number of nitrogens with one attached hydrogen (secondary N) is 1. The molecule has 0 aliphatic rings. The van der Waals surface area contributed by atoms with Crippen LogP contribution in [0.4, 0.5) is 4.39 Å². The van der Waals surface area contributed by atoms with Gasteiger partial charge >= 0.3 is 0 Å². The summed E-state index contributed by atoms with van der Waals surface area (Å²) in [6.45, 7) is 0.189. The highest BCUT2D eigenvalue weighted by Gasteiger charge is 2.12. The van der Waals surface area contributed by atoms with Gasteiger partial charge in [-0.05, 0) is 22.6 Å². The summed E-state index contributed by atoms with van der Waals surface area (Å²) in [4.78, 5) is 11.8. The minimum atomic E-state index is -0.391. The highest BCUT2D eigenvalue weighted by molar-refractivity contribution is 7.99. The normalized spacial score (nSPS) is 10.8. The van der Waals surface area contributed by atoms with Crippen molar-refractivity contribution in [2.24, 2.45) is 7.05 Å². The van der Waals surface area contributed by atoms with E-state index in [-0.39, 0.29) is 18.2 Å². The molecule has 0 radical (unpaired) electrons. The Balaban J connectivity index is 1.53. The molecule has 3 aromatic rings. The summed E-state index contributed by atoms with van der Waals surface area (Å²) in [6.07, 6.45) is 0. The van der Waals surface area contributed by atoms with Gasteiger partial charge in [0, 0.05) is 13.1 Å². The lowest BCUT2D eigenvalue weighted by Gasteiger charge is -2.01. The second kappa shape index (κ2) is 7.21. The van der Waals surface area contributed by atoms with Crippen LogP contribution in [0.15, 0.2) is 40.0 Å². The lowest BCUT2D eigenvalue weighted by atomic mass is 10.1. The van der Waals surface area contributed by atoms with E-state index in [2.05, 4.69) is 26.0 Å². The summed E-state index contributed by atoms with van der Waals surface area (Å²) >= 11 is 1.22. The van der Waals surface area contributed by atoms with Crippen LogP contribution in [-0.4, -0.2) is 37.0 Å². The van der Waals surface area contributed by atoms with Crippen molar-refractivity contribution in [1.82, 2.24) is 30.7 Å². The molecular formula is C14H13FN6O2S. The quantitative estimate of drug-likeness (QED) is 0.673. The molecule has 0 fully saturated rings. The van der Waals surface area contributed by atoms with Crippen molar-refractivity contribution in [1.29, 1.82) is 0 Å². The predicted molar refractivity (Wildman–Crippen MR) is 83.3 cm³/mol. The van der Waals surface area contributed by atoms with Crippen molar-refractivity contribution >= 4 is 17.7 Å². The fourth-order valence-electron chi connectivity index (χ4n) is 1.90. The highest BCUT2D eigenvalue weighted by atomic mass is 32.2. The molecule has 24 heavy (non-hydrogen) atoms. The second-order valence-corrected chi connectivity index (χ2v) is 5.76. The minimum Gasteiger partial charge on any atom is -0.356 e. The number of hydrogen-bond acceptors (Lipinski definition) is 7. The molecule has 1 amide bonds. The minimum absolute atomic E-state index is 0.173. The number of hydrogen-bond donors (Lipinski definition) is 1. The number of benzene rings is 1. The molecule has 0 atom stereocenters. The third-order valence-electron chi connectivity index (χ3n) is 3.08. The predicted octanol–water partition coefficient (Wildman–Crippen LogP) is 1.41. The van der Waals surface area contributed by atoms with Crippen molar-refractivity contribution < 1.29 is 13.7 Å². The Morgan fingerprint density at radius 1 is 1.42 bits per heavy atom. The summed E-state index contributed by atoms with van der Waals surface area (Å²) in [6, 6.07) is 7.85. The maximum Gasteiger partial charge on any atom is 0.230 e. The maximum atomic E-state index is 13.7. The number of halogens is 1. The zero-order valence-corrected chi connectivity index (χ0v) is 13.5. The first-order chi connectivity index (χ1) is 11.6. The van der Waals surface area contributed by atoms with Crippen molar-refractivity contribution in [3.8, 4) is 11.3 Å². The number of carbonyl (C=O) groups is 1.